The SMILES string of the molecule is CC[C@H](C)[C@H](C[C@H](O)CC(=O)O[C@@H]1C(C)O[C@@H](OC(=O)[C@]23CCC(C)(C)CC2C2=CCC4[C@@]5(C)CC[C@H](O[C@@H]6OC(C(=O)O)[C@H](O)[C@H](O[C@@H]7OC[C@@H](O)[C@H](O)C7O)C6O[C@@H]6OC(CO)[C@H](O)[C@H](O)C6O)[C@@](C)(C=O)C5CC[C@@]4(C)[C@]2(C)C[C@H]3O)[C@H](O[C@@H]2OC(C)[C@H](OC3OCC(O)[C@H](OC4OCC(O)[C@H](O)[C@@H]4O)[C@@H]3O)[C@H](O)C2O)C1O)OC(=O)C[C@@H](O)C[C@H](O[C@@H]1O[C@@H](CO)C(O)C1O)[C@@H](C)CC. The van der Waals surface area contributed by atoms with E-state index >= 15 is 4.79 Å². The molecule has 12 fully saturated rings. The summed E-state index contributed by atoms with van der Waals surface area (Å²) in [6.07, 6.45) is -69.7. The number of carbonyl (C=O) groups excluding carboxylic acids is 4. The van der Waals surface area contributed by atoms with Gasteiger partial charge in [0.2, 0.25) is 6.29 Å². The van der Waals surface area contributed by atoms with Crippen LogP contribution in [0.5, 0.6) is 0 Å². The molecule has 5 aliphatic carbocycles. The largest absolute Gasteiger partial charge is 0.479 e. The highest BCUT2D eigenvalue weighted by Gasteiger charge is 2.74. The van der Waals surface area contributed by atoms with Crippen LogP contribution in [-0.2, 0) is 109 Å². The number of aliphatic hydroxyl groups excluding tert-OH is 22. The Kier molecular flexibility index (Phi) is 35.8. The zero-order valence-electron chi connectivity index (χ0n) is 79.6. The Morgan fingerprint density at radius 3 is 1.58 bits per heavy atom. The standard InChI is InChI=1S/C92H148O46/c1-13-35(3)46(126-54(102)25-40(97)24-47(36(4)14-2)127-82-64(112)59(107)49(30-94)128-82)23-39(96)26-55(103)131-71-38(6)125-84(75(67(71)115)136-81-66(114)61(109)70(37(5)124-81)132-80-69(117)72(45(100)33-123-80)133-78-62(110)56(104)43(98)31-121-78)138-86(120)92-22-21-87(7,8)27-42(92)41-15-16-51-88(9)19-18-53(89(10,34-95)50(88)17-20-90(51,11)91(41,12)28-52(92)101)130-85-76(137-83-65(113)60(108)58(106)48(29-93)129-83)73(68(116)74(135-85)77(118)119)134-79-63(111)57(105)44(99)32-122-79/h15,34-40,42-53,56-76,78-85,93-94,96-101,104-117H,13-14,16-33H2,1-12H3,(H,118,119)/t35-,36-,37?,38?,39-,40-,42?,43?,44+,45?,46-,47-,48?,49-,50?,51?,52+,53-,56-,57-,58-,59?,60-,61+,62-,63?,64?,65?,66?,67?,68+,69-,70-,71+,72-,73-,74?,75+,76?,78?,79-,80?,81-,82+,83-,84-,85+,88-,89-,90+,91+,92+/m0/s1. The summed E-state index contributed by atoms with van der Waals surface area (Å²) in [6, 6.07) is 0. The summed E-state index contributed by atoms with van der Waals surface area (Å²) in [5.74, 6) is -7.25. The van der Waals surface area contributed by atoms with E-state index in [9.17, 15) is 137 Å². The molecular weight excluding hydrogens is 1840 g/mol. The number of carboxylic acids is 1. The third-order valence-electron chi connectivity index (χ3n) is 33.2. The predicted octanol–water partition coefficient (Wildman–Crippen LogP) is -5.69. The molecular formula is C92H148O46. The monoisotopic (exact) mass is 1990 g/mol. The van der Waals surface area contributed by atoms with Gasteiger partial charge >= 0.3 is 23.9 Å². The number of carbonyl (C=O) groups is 5. The summed E-state index contributed by atoms with van der Waals surface area (Å²) in [6.45, 7) is 18.6. The molecule has 18 unspecified atom stereocenters. The maximum absolute atomic E-state index is 16.4. The average molecular weight is 1990 g/mol. The van der Waals surface area contributed by atoms with Gasteiger partial charge in [-0.3, -0.25) is 14.4 Å². The lowest BCUT2D eigenvalue weighted by molar-refractivity contribution is -0.391. The van der Waals surface area contributed by atoms with Crippen LogP contribution in [0.4, 0.5) is 0 Å². The van der Waals surface area contributed by atoms with E-state index in [0.29, 0.717) is 51.4 Å². The maximum atomic E-state index is 16.4. The van der Waals surface area contributed by atoms with Crippen LogP contribution >= 0.6 is 0 Å². The summed E-state index contributed by atoms with van der Waals surface area (Å²) in [7, 11) is 0. The van der Waals surface area contributed by atoms with Gasteiger partial charge in [0.05, 0.1) is 94.0 Å². The van der Waals surface area contributed by atoms with Crippen LogP contribution in [0.2, 0.25) is 0 Å². The van der Waals surface area contributed by atoms with E-state index in [2.05, 4.69) is 26.8 Å². The van der Waals surface area contributed by atoms with Gasteiger partial charge < -0.3 is 208 Å². The van der Waals surface area contributed by atoms with Crippen molar-refractivity contribution in [2.75, 3.05) is 33.0 Å². The molecule has 4 saturated carbocycles. The van der Waals surface area contributed by atoms with E-state index in [1.54, 1.807) is 27.7 Å². The number of fused-ring (bicyclic) bond motifs is 7. The van der Waals surface area contributed by atoms with Gasteiger partial charge in [0.1, 0.15) is 158 Å². The van der Waals surface area contributed by atoms with Gasteiger partial charge in [0.25, 0.3) is 0 Å². The number of allylic oxidation sites excluding steroid dienone is 2. The van der Waals surface area contributed by atoms with Crippen LogP contribution < -0.4 is 0 Å². The summed E-state index contributed by atoms with van der Waals surface area (Å²) in [5.41, 5.74) is -5.53. The number of aliphatic carboxylic acids is 1. The number of rotatable bonds is 34. The maximum Gasteiger partial charge on any atom is 0.335 e. The Morgan fingerprint density at radius 1 is 0.471 bits per heavy atom. The number of aldehydes is 1. The lowest BCUT2D eigenvalue weighted by Crippen LogP contribution is -2.69. The second kappa shape index (κ2) is 44.5. The van der Waals surface area contributed by atoms with Crippen LogP contribution in [0, 0.1) is 62.1 Å². The summed E-state index contributed by atoms with van der Waals surface area (Å²) >= 11 is 0. The van der Waals surface area contributed by atoms with E-state index in [1.807, 2.05) is 20.8 Å². The fourth-order valence-corrected chi connectivity index (χ4v) is 24.1. The highest BCUT2D eigenvalue weighted by atomic mass is 16.8. The minimum Gasteiger partial charge on any atom is -0.479 e. The molecule has 52 atom stereocenters. The first kappa shape index (κ1) is 111. The first-order valence-electron chi connectivity index (χ1n) is 48.4. The summed E-state index contributed by atoms with van der Waals surface area (Å²) < 4.78 is 108. The number of aliphatic hydroxyl groups is 22. The zero-order chi connectivity index (χ0) is 101. The number of esters is 3. The van der Waals surface area contributed by atoms with Gasteiger partial charge in [-0.1, -0.05) is 93.7 Å². The third kappa shape index (κ3) is 21.6. The Bertz CT molecular complexity index is 4080. The van der Waals surface area contributed by atoms with Crippen LogP contribution in [0.15, 0.2) is 11.6 Å². The first-order chi connectivity index (χ1) is 64.8. The van der Waals surface area contributed by atoms with Crippen molar-refractivity contribution in [1.29, 1.82) is 0 Å². The molecule has 138 heavy (non-hydrogen) atoms. The van der Waals surface area contributed by atoms with Crippen molar-refractivity contribution in [3.05, 3.63) is 11.6 Å². The lowest BCUT2D eigenvalue weighted by Gasteiger charge is -2.71. The molecule has 0 radical (unpaired) electrons. The molecule has 0 bridgehead atoms. The smallest absolute Gasteiger partial charge is 0.335 e. The van der Waals surface area contributed by atoms with Crippen molar-refractivity contribution in [3.63, 3.8) is 0 Å². The van der Waals surface area contributed by atoms with Gasteiger partial charge in [-0.2, -0.15) is 0 Å². The van der Waals surface area contributed by atoms with Crippen molar-refractivity contribution < 1.29 is 227 Å². The topological polar surface area (TPSA) is 717 Å². The van der Waals surface area contributed by atoms with Crippen molar-refractivity contribution in [1.82, 2.24) is 0 Å². The molecule has 13 rings (SSSR count). The third-order valence-corrected chi connectivity index (χ3v) is 33.2. The van der Waals surface area contributed by atoms with Crippen LogP contribution in [0.25, 0.3) is 0 Å². The molecule has 8 heterocycles. The van der Waals surface area contributed by atoms with E-state index in [1.165, 1.54) is 13.8 Å². The molecule has 0 amide bonds. The molecule has 8 saturated heterocycles. The normalized spacial score (nSPS) is 48.8. The van der Waals surface area contributed by atoms with Crippen molar-refractivity contribution in [2.45, 2.75) is 437 Å². The van der Waals surface area contributed by atoms with Gasteiger partial charge in [0.15, 0.2) is 62.3 Å². The minimum absolute atomic E-state index is 0.0129. The van der Waals surface area contributed by atoms with Gasteiger partial charge in [-0.05, 0) is 123 Å². The number of ether oxygens (including phenoxy) is 18. The fourth-order valence-electron chi connectivity index (χ4n) is 24.1. The van der Waals surface area contributed by atoms with E-state index in [-0.39, 0.29) is 43.9 Å². The second-order valence-corrected chi connectivity index (χ2v) is 42.5. The lowest BCUT2D eigenvalue weighted by atomic mass is 9.33. The van der Waals surface area contributed by atoms with Crippen molar-refractivity contribution >= 4 is 30.2 Å². The molecule has 8 aliphatic heterocycles. The Hall–Kier alpha value is -4.19. The fraction of sp³-hybridized carbons (Fsp3) is 0.924. The van der Waals surface area contributed by atoms with E-state index < -0.39 is 378 Å². The predicted molar refractivity (Wildman–Crippen MR) is 458 cm³/mol. The van der Waals surface area contributed by atoms with E-state index in [0.717, 1.165) is 11.9 Å². The van der Waals surface area contributed by atoms with E-state index in [4.69, 9.17) is 85.3 Å². The molecule has 0 spiro atoms. The van der Waals surface area contributed by atoms with Gasteiger partial charge in [-0.15, -0.1) is 0 Å². The second-order valence-electron chi connectivity index (χ2n) is 42.5. The summed E-state index contributed by atoms with van der Waals surface area (Å²) in [5, 5.41) is 256. The molecule has 792 valence electrons. The van der Waals surface area contributed by atoms with Crippen molar-refractivity contribution in [3.8, 4) is 0 Å². The first-order valence-corrected chi connectivity index (χ1v) is 48.4. The number of hydrogen-bond acceptors (Lipinski definition) is 45. The minimum atomic E-state index is -2.27. The van der Waals surface area contributed by atoms with Crippen LogP contribution in [-0.4, -0.2) is 439 Å². The zero-order valence-corrected chi connectivity index (χ0v) is 79.6. The van der Waals surface area contributed by atoms with Crippen LogP contribution in [0.3, 0.4) is 0 Å². The Balaban J connectivity index is 0.748. The van der Waals surface area contributed by atoms with Crippen LogP contribution in [0.1, 0.15) is 179 Å². The average Bonchev–Trinajstić information content (AvgIpc) is 0.703. The highest BCUT2D eigenvalue weighted by Crippen LogP contribution is 2.76. The Morgan fingerprint density at radius 2 is 0.978 bits per heavy atom. The highest BCUT2D eigenvalue weighted by molar-refractivity contribution is 5.80. The summed E-state index contributed by atoms with van der Waals surface area (Å²) in [4.78, 5) is 72.1. The molecule has 0 aromatic rings. The van der Waals surface area contributed by atoms with Gasteiger partial charge in [0, 0.05) is 12.8 Å². The van der Waals surface area contributed by atoms with Gasteiger partial charge in [-0.25, -0.2) is 4.79 Å². The Labute approximate surface area is 797 Å². The molecule has 13 aliphatic rings. The van der Waals surface area contributed by atoms with Crippen molar-refractivity contribution in [2.24, 2.45) is 62.1 Å². The molecule has 46 heteroatoms. The molecule has 0 aromatic heterocycles. The number of hydrogen-bond donors (Lipinski definition) is 23. The molecule has 0 aromatic carbocycles. The molecule has 46 nitrogen and oxygen atoms in total. The quantitative estimate of drug-likeness (QED) is 0.00939. The molecule has 23 N–H and O–H groups in total. The number of carboxylic acid groups (broad SMARTS) is 1.